The molecule has 0 spiro atoms. The second kappa shape index (κ2) is 47.1. The summed E-state index contributed by atoms with van der Waals surface area (Å²) in [5.74, 6) is -0.949. The highest BCUT2D eigenvalue weighted by molar-refractivity contribution is 5.71. The predicted octanol–water partition coefficient (Wildman–Crippen LogP) is 15.9. The van der Waals surface area contributed by atoms with Crippen molar-refractivity contribution in [3.05, 3.63) is 48.6 Å². The Labute approximate surface area is 358 Å². The van der Waals surface area contributed by atoms with Gasteiger partial charge in [0.1, 0.15) is 13.2 Å². The van der Waals surface area contributed by atoms with Crippen LogP contribution in [0.1, 0.15) is 245 Å². The van der Waals surface area contributed by atoms with Gasteiger partial charge in [-0.3, -0.25) is 14.4 Å². The van der Waals surface area contributed by atoms with E-state index in [0.717, 1.165) is 77.0 Å². The van der Waals surface area contributed by atoms with Crippen LogP contribution in [-0.4, -0.2) is 37.2 Å². The van der Waals surface area contributed by atoms with Crippen LogP contribution in [-0.2, 0) is 28.6 Å². The Morgan fingerprint density at radius 3 is 1.10 bits per heavy atom. The minimum Gasteiger partial charge on any atom is -0.462 e. The number of rotatable bonds is 44. The molecule has 0 aliphatic heterocycles. The summed E-state index contributed by atoms with van der Waals surface area (Å²) in [4.78, 5) is 37.8. The fourth-order valence-electron chi connectivity index (χ4n) is 6.76. The van der Waals surface area contributed by atoms with Crippen LogP contribution in [0, 0.1) is 0 Å². The number of esters is 3. The van der Waals surface area contributed by atoms with Gasteiger partial charge in [-0.1, -0.05) is 179 Å². The van der Waals surface area contributed by atoms with Crippen molar-refractivity contribution in [2.24, 2.45) is 0 Å². The zero-order chi connectivity index (χ0) is 42.3. The number of ether oxygens (including phenoxy) is 3. The van der Waals surface area contributed by atoms with E-state index in [9.17, 15) is 14.4 Å². The number of hydrogen-bond acceptors (Lipinski definition) is 6. The molecular formula is C52H92O6. The molecule has 0 amide bonds. The highest BCUT2D eigenvalue weighted by Crippen LogP contribution is 2.13. The molecule has 6 nitrogen and oxygen atoms in total. The number of carbonyl (C=O) groups is 3. The van der Waals surface area contributed by atoms with E-state index >= 15 is 0 Å². The maximum atomic E-state index is 12.7. The van der Waals surface area contributed by atoms with Gasteiger partial charge in [-0.05, 0) is 96.3 Å². The first-order valence-corrected chi connectivity index (χ1v) is 24.6. The lowest BCUT2D eigenvalue weighted by atomic mass is 10.1. The smallest absolute Gasteiger partial charge is 0.306 e. The minimum absolute atomic E-state index is 0.0914. The standard InChI is InChI=1S/C52H92O6/c1-4-7-10-13-16-19-21-23-25-26-27-29-30-33-36-39-42-45-51(54)57-48-49(47-56-50(53)44-41-38-35-32-18-15-12-9-6-3)58-52(55)46-43-40-37-34-31-28-24-22-20-17-14-11-8-5-2/h16,19,23,25,28,31-32,35,49H,4-15,17-18,20-22,24,26-27,29-30,33-34,36-48H2,1-3H3/b19-16-,25-23-,31-28-,35-32-. The summed E-state index contributed by atoms with van der Waals surface area (Å²) in [6, 6.07) is 0. The summed E-state index contributed by atoms with van der Waals surface area (Å²) in [7, 11) is 0. The second-order valence-electron chi connectivity index (χ2n) is 16.4. The predicted molar refractivity (Wildman–Crippen MR) is 247 cm³/mol. The van der Waals surface area contributed by atoms with Crippen molar-refractivity contribution in [3.63, 3.8) is 0 Å². The number of allylic oxidation sites excluding steroid dienone is 8. The number of unbranched alkanes of at least 4 members (excludes halogenated alkanes) is 25. The topological polar surface area (TPSA) is 78.9 Å². The van der Waals surface area contributed by atoms with E-state index < -0.39 is 6.10 Å². The highest BCUT2D eigenvalue weighted by Gasteiger charge is 2.19. The Morgan fingerprint density at radius 1 is 0.345 bits per heavy atom. The van der Waals surface area contributed by atoms with Crippen molar-refractivity contribution in [2.75, 3.05) is 13.2 Å². The van der Waals surface area contributed by atoms with Gasteiger partial charge in [-0.25, -0.2) is 0 Å². The summed E-state index contributed by atoms with van der Waals surface area (Å²) >= 11 is 0. The molecular weight excluding hydrogens is 721 g/mol. The molecule has 0 aromatic rings. The average molecular weight is 813 g/mol. The van der Waals surface area contributed by atoms with Crippen molar-refractivity contribution in [1.29, 1.82) is 0 Å². The maximum absolute atomic E-state index is 12.7. The SMILES string of the molecule is CCCCC/C=C\C/C=C\CCCCCCCCCC(=O)OCC(COC(=O)CCC/C=C\CCCCCC)OC(=O)CCCCC/C=C\CCCCCCCCC. The van der Waals surface area contributed by atoms with Gasteiger partial charge in [0, 0.05) is 19.3 Å². The molecule has 336 valence electrons. The van der Waals surface area contributed by atoms with Crippen LogP contribution in [0.25, 0.3) is 0 Å². The zero-order valence-electron chi connectivity index (χ0n) is 38.3. The van der Waals surface area contributed by atoms with E-state index in [2.05, 4.69) is 69.4 Å². The molecule has 0 aliphatic rings. The molecule has 0 rings (SSSR count). The molecule has 0 fully saturated rings. The Kier molecular flexibility index (Phi) is 44.9. The number of carbonyl (C=O) groups excluding carboxylic acids is 3. The van der Waals surface area contributed by atoms with Crippen molar-refractivity contribution in [1.82, 2.24) is 0 Å². The molecule has 0 bridgehead atoms. The van der Waals surface area contributed by atoms with Gasteiger partial charge in [0.05, 0.1) is 0 Å². The lowest BCUT2D eigenvalue weighted by Gasteiger charge is -2.18. The molecule has 0 saturated carbocycles. The van der Waals surface area contributed by atoms with E-state index in [0.29, 0.717) is 25.7 Å². The van der Waals surface area contributed by atoms with Crippen LogP contribution in [0.3, 0.4) is 0 Å². The average Bonchev–Trinajstić information content (AvgIpc) is 3.22. The Morgan fingerprint density at radius 2 is 0.638 bits per heavy atom. The summed E-state index contributed by atoms with van der Waals surface area (Å²) < 4.78 is 16.7. The highest BCUT2D eigenvalue weighted by atomic mass is 16.6. The summed E-state index contributed by atoms with van der Waals surface area (Å²) in [5.41, 5.74) is 0. The minimum atomic E-state index is -0.792. The second-order valence-corrected chi connectivity index (χ2v) is 16.4. The van der Waals surface area contributed by atoms with Crippen molar-refractivity contribution < 1.29 is 28.6 Å². The first-order valence-electron chi connectivity index (χ1n) is 24.6. The van der Waals surface area contributed by atoms with Crippen LogP contribution >= 0.6 is 0 Å². The first-order chi connectivity index (χ1) is 28.5. The van der Waals surface area contributed by atoms with Gasteiger partial charge >= 0.3 is 17.9 Å². The third-order valence-electron chi connectivity index (χ3n) is 10.5. The third-order valence-corrected chi connectivity index (χ3v) is 10.5. The van der Waals surface area contributed by atoms with E-state index in [1.54, 1.807) is 0 Å². The maximum Gasteiger partial charge on any atom is 0.306 e. The molecule has 58 heavy (non-hydrogen) atoms. The molecule has 0 aromatic heterocycles. The molecule has 0 radical (unpaired) electrons. The molecule has 0 aromatic carbocycles. The number of hydrogen-bond donors (Lipinski definition) is 0. The molecule has 1 atom stereocenters. The monoisotopic (exact) mass is 813 g/mol. The lowest BCUT2D eigenvalue weighted by Crippen LogP contribution is -2.30. The van der Waals surface area contributed by atoms with Crippen LogP contribution in [0.2, 0.25) is 0 Å². The Balaban J connectivity index is 4.37. The molecule has 0 saturated heterocycles. The normalized spacial score (nSPS) is 12.4. The van der Waals surface area contributed by atoms with Gasteiger partial charge < -0.3 is 14.2 Å². The van der Waals surface area contributed by atoms with Gasteiger partial charge in [-0.15, -0.1) is 0 Å². The molecule has 0 aliphatic carbocycles. The van der Waals surface area contributed by atoms with E-state index in [4.69, 9.17) is 14.2 Å². The van der Waals surface area contributed by atoms with Crippen molar-refractivity contribution >= 4 is 17.9 Å². The van der Waals surface area contributed by atoms with E-state index in [1.165, 1.54) is 122 Å². The third kappa shape index (κ3) is 44.5. The Bertz CT molecular complexity index is 1030. The Hall–Kier alpha value is -2.63. The van der Waals surface area contributed by atoms with Crippen molar-refractivity contribution in [2.45, 2.75) is 252 Å². The molecule has 6 heteroatoms. The van der Waals surface area contributed by atoms with Crippen LogP contribution in [0.4, 0.5) is 0 Å². The quantitative estimate of drug-likeness (QED) is 0.0264. The zero-order valence-corrected chi connectivity index (χ0v) is 38.3. The van der Waals surface area contributed by atoms with Crippen LogP contribution in [0.15, 0.2) is 48.6 Å². The summed E-state index contributed by atoms with van der Waals surface area (Å²) in [5, 5.41) is 0. The molecule has 0 N–H and O–H groups in total. The van der Waals surface area contributed by atoms with Gasteiger partial charge in [0.15, 0.2) is 6.10 Å². The summed E-state index contributed by atoms with van der Waals surface area (Å²) in [6.45, 7) is 6.53. The van der Waals surface area contributed by atoms with Crippen LogP contribution in [0.5, 0.6) is 0 Å². The van der Waals surface area contributed by atoms with Crippen LogP contribution < -0.4 is 0 Å². The lowest BCUT2D eigenvalue weighted by molar-refractivity contribution is -0.167. The molecule has 0 heterocycles. The van der Waals surface area contributed by atoms with Crippen molar-refractivity contribution in [3.8, 4) is 0 Å². The van der Waals surface area contributed by atoms with Gasteiger partial charge in [-0.2, -0.15) is 0 Å². The fraction of sp³-hybridized carbons (Fsp3) is 0.788. The largest absolute Gasteiger partial charge is 0.462 e. The van der Waals surface area contributed by atoms with E-state index in [-0.39, 0.29) is 31.1 Å². The first kappa shape index (κ1) is 55.4. The fourth-order valence-corrected chi connectivity index (χ4v) is 6.76. The van der Waals surface area contributed by atoms with Gasteiger partial charge in [0.2, 0.25) is 0 Å². The van der Waals surface area contributed by atoms with E-state index in [1.807, 2.05) is 0 Å². The summed E-state index contributed by atoms with van der Waals surface area (Å²) in [6.07, 6.45) is 55.3. The molecule has 1 unspecified atom stereocenters. The van der Waals surface area contributed by atoms with Gasteiger partial charge in [0.25, 0.3) is 0 Å².